The number of nitrogens with zero attached hydrogens (tertiary/aromatic N) is 1. The molecule has 0 saturated heterocycles. The number of pyridine rings is 1. The van der Waals surface area contributed by atoms with Crippen LogP contribution in [0.2, 0.25) is 0 Å². The molecule has 0 saturated carbocycles. The summed E-state index contributed by atoms with van der Waals surface area (Å²) < 4.78 is 0. The molecule has 4 nitrogen and oxygen atoms in total. The average Bonchev–Trinajstić information content (AvgIpc) is 2.55. The highest BCUT2D eigenvalue weighted by Gasteiger charge is 2.05. The van der Waals surface area contributed by atoms with Gasteiger partial charge in [-0.05, 0) is 36.6 Å². The SMILES string of the molecule is Cc1ccc(CCC(=O)Nc2cc(CSCCO)ccn2)cc1. The standard InChI is InChI=1S/C18H22N2O2S/c1-14-2-4-15(5-3-14)6-7-18(22)20-17-12-16(8-9-19-17)13-23-11-10-21/h2-5,8-9,12,21H,6-7,10-11,13H2,1H3,(H,19,20,22). The maximum absolute atomic E-state index is 12.0. The number of benzene rings is 1. The number of rotatable bonds is 8. The molecule has 0 bridgehead atoms. The molecule has 0 aliphatic heterocycles. The van der Waals surface area contributed by atoms with Crippen LogP contribution in [0.1, 0.15) is 23.1 Å². The molecular weight excluding hydrogens is 308 g/mol. The van der Waals surface area contributed by atoms with Crippen LogP contribution in [0, 0.1) is 6.92 Å². The molecule has 5 heteroatoms. The summed E-state index contributed by atoms with van der Waals surface area (Å²) in [4.78, 5) is 16.2. The van der Waals surface area contributed by atoms with E-state index in [1.165, 1.54) is 5.56 Å². The lowest BCUT2D eigenvalue weighted by Crippen LogP contribution is -2.13. The van der Waals surface area contributed by atoms with Crippen LogP contribution in [-0.4, -0.2) is 28.4 Å². The molecule has 122 valence electrons. The largest absolute Gasteiger partial charge is 0.396 e. The van der Waals surface area contributed by atoms with Crippen LogP contribution in [0.5, 0.6) is 0 Å². The zero-order chi connectivity index (χ0) is 16.5. The van der Waals surface area contributed by atoms with Gasteiger partial charge in [0.25, 0.3) is 0 Å². The Kier molecular flexibility index (Phi) is 7.10. The predicted octanol–water partition coefficient (Wildman–Crippen LogP) is 3.19. The zero-order valence-electron chi connectivity index (χ0n) is 13.3. The van der Waals surface area contributed by atoms with Crippen LogP contribution in [0.15, 0.2) is 42.6 Å². The van der Waals surface area contributed by atoms with Gasteiger partial charge in [-0.2, -0.15) is 11.8 Å². The molecule has 1 amide bonds. The molecule has 0 aliphatic rings. The van der Waals surface area contributed by atoms with Gasteiger partial charge in [-0.15, -0.1) is 0 Å². The monoisotopic (exact) mass is 330 g/mol. The van der Waals surface area contributed by atoms with Crippen LogP contribution in [-0.2, 0) is 17.0 Å². The second-order valence-electron chi connectivity index (χ2n) is 5.36. The van der Waals surface area contributed by atoms with Crippen molar-refractivity contribution in [3.63, 3.8) is 0 Å². The minimum atomic E-state index is -0.0294. The van der Waals surface area contributed by atoms with Crippen LogP contribution < -0.4 is 5.32 Å². The molecule has 2 N–H and O–H groups in total. The van der Waals surface area contributed by atoms with Gasteiger partial charge in [0, 0.05) is 24.1 Å². The first-order chi connectivity index (χ1) is 11.2. The summed E-state index contributed by atoms with van der Waals surface area (Å²) in [5.41, 5.74) is 3.47. The minimum absolute atomic E-state index is 0.0294. The third-order valence-electron chi connectivity index (χ3n) is 3.36. The first kappa shape index (κ1) is 17.5. The van der Waals surface area contributed by atoms with E-state index in [2.05, 4.69) is 34.6 Å². The first-order valence-electron chi connectivity index (χ1n) is 7.66. The summed E-state index contributed by atoms with van der Waals surface area (Å²) in [5.74, 6) is 2.06. The van der Waals surface area contributed by atoms with Crippen molar-refractivity contribution in [2.75, 3.05) is 17.7 Å². The number of aliphatic hydroxyl groups excluding tert-OH is 1. The van der Waals surface area contributed by atoms with Gasteiger partial charge in [0.05, 0.1) is 6.61 Å². The van der Waals surface area contributed by atoms with E-state index in [-0.39, 0.29) is 12.5 Å². The van der Waals surface area contributed by atoms with E-state index in [1.54, 1.807) is 18.0 Å². The number of aliphatic hydroxyl groups is 1. The van der Waals surface area contributed by atoms with Gasteiger partial charge >= 0.3 is 0 Å². The van der Waals surface area contributed by atoms with Gasteiger partial charge in [-0.1, -0.05) is 29.8 Å². The number of anilines is 1. The lowest BCUT2D eigenvalue weighted by atomic mass is 10.1. The Hall–Kier alpha value is -1.85. The fraction of sp³-hybridized carbons (Fsp3) is 0.333. The molecule has 0 atom stereocenters. The number of carbonyl (C=O) groups excluding carboxylic acids is 1. The van der Waals surface area contributed by atoms with Crippen LogP contribution in [0.25, 0.3) is 0 Å². The van der Waals surface area contributed by atoms with Crippen LogP contribution >= 0.6 is 11.8 Å². The molecular formula is C18H22N2O2S. The summed E-state index contributed by atoms with van der Waals surface area (Å²) in [6.07, 6.45) is 2.86. The Morgan fingerprint density at radius 1 is 1.22 bits per heavy atom. The topological polar surface area (TPSA) is 62.2 Å². The Labute approximate surface area is 141 Å². The highest BCUT2D eigenvalue weighted by Crippen LogP contribution is 2.15. The Morgan fingerprint density at radius 3 is 2.74 bits per heavy atom. The molecule has 2 rings (SSSR count). The van der Waals surface area contributed by atoms with Crippen molar-refractivity contribution in [3.8, 4) is 0 Å². The number of amides is 1. The highest BCUT2D eigenvalue weighted by atomic mass is 32.2. The average molecular weight is 330 g/mol. The van der Waals surface area contributed by atoms with Crippen LogP contribution in [0.4, 0.5) is 5.82 Å². The van der Waals surface area contributed by atoms with E-state index in [0.717, 1.165) is 23.3 Å². The minimum Gasteiger partial charge on any atom is -0.396 e. The number of nitrogens with one attached hydrogen (secondary N) is 1. The second-order valence-corrected chi connectivity index (χ2v) is 6.46. The predicted molar refractivity (Wildman–Crippen MR) is 95.6 cm³/mol. The fourth-order valence-electron chi connectivity index (χ4n) is 2.10. The first-order valence-corrected chi connectivity index (χ1v) is 8.82. The molecule has 0 fully saturated rings. The normalized spacial score (nSPS) is 10.5. The third-order valence-corrected chi connectivity index (χ3v) is 4.37. The summed E-state index contributed by atoms with van der Waals surface area (Å²) in [5, 5.41) is 11.6. The molecule has 0 radical (unpaired) electrons. The number of hydrogen-bond acceptors (Lipinski definition) is 4. The van der Waals surface area contributed by atoms with E-state index in [0.29, 0.717) is 18.0 Å². The van der Waals surface area contributed by atoms with Gasteiger partial charge in [-0.3, -0.25) is 4.79 Å². The van der Waals surface area contributed by atoms with Crippen LogP contribution in [0.3, 0.4) is 0 Å². The highest BCUT2D eigenvalue weighted by molar-refractivity contribution is 7.98. The quantitative estimate of drug-likeness (QED) is 0.730. The number of thioether (sulfide) groups is 1. The van der Waals surface area contributed by atoms with E-state index in [4.69, 9.17) is 5.11 Å². The molecule has 1 aromatic heterocycles. The van der Waals surface area contributed by atoms with Crippen molar-refractivity contribution >= 4 is 23.5 Å². The van der Waals surface area contributed by atoms with Gasteiger partial charge in [0.1, 0.15) is 5.82 Å². The molecule has 2 aromatic rings. The summed E-state index contributed by atoms with van der Waals surface area (Å²) >= 11 is 1.65. The van der Waals surface area contributed by atoms with Crippen molar-refractivity contribution in [2.24, 2.45) is 0 Å². The Morgan fingerprint density at radius 2 is 2.00 bits per heavy atom. The van der Waals surface area contributed by atoms with Crippen molar-refractivity contribution < 1.29 is 9.90 Å². The smallest absolute Gasteiger partial charge is 0.225 e. The second kappa shape index (κ2) is 9.33. The van der Waals surface area contributed by atoms with Crippen molar-refractivity contribution in [1.29, 1.82) is 0 Å². The fourth-order valence-corrected chi connectivity index (χ4v) is 2.79. The Balaban J connectivity index is 1.82. The number of hydrogen-bond donors (Lipinski definition) is 2. The molecule has 1 heterocycles. The molecule has 0 aliphatic carbocycles. The molecule has 23 heavy (non-hydrogen) atoms. The lowest BCUT2D eigenvalue weighted by molar-refractivity contribution is -0.116. The van der Waals surface area contributed by atoms with Gasteiger partial charge in [-0.25, -0.2) is 4.98 Å². The number of aromatic nitrogens is 1. The maximum Gasteiger partial charge on any atom is 0.225 e. The summed E-state index contributed by atoms with van der Waals surface area (Å²) in [7, 11) is 0. The maximum atomic E-state index is 12.0. The number of carbonyl (C=O) groups is 1. The Bertz CT molecular complexity index is 629. The summed E-state index contributed by atoms with van der Waals surface area (Å²) in [6.45, 7) is 2.23. The zero-order valence-corrected chi connectivity index (χ0v) is 14.1. The van der Waals surface area contributed by atoms with Gasteiger partial charge in [0.15, 0.2) is 0 Å². The lowest BCUT2D eigenvalue weighted by Gasteiger charge is -2.07. The van der Waals surface area contributed by atoms with Crippen molar-refractivity contribution in [2.45, 2.75) is 25.5 Å². The third kappa shape index (κ3) is 6.42. The summed E-state index contributed by atoms with van der Waals surface area (Å²) in [6, 6.07) is 12.0. The van der Waals surface area contributed by atoms with E-state index < -0.39 is 0 Å². The number of aryl methyl sites for hydroxylation is 2. The van der Waals surface area contributed by atoms with Crippen molar-refractivity contribution in [3.05, 3.63) is 59.3 Å². The molecule has 0 unspecified atom stereocenters. The molecule has 1 aromatic carbocycles. The molecule has 0 spiro atoms. The van der Waals surface area contributed by atoms with Gasteiger partial charge in [0.2, 0.25) is 5.91 Å². The van der Waals surface area contributed by atoms with Gasteiger partial charge < -0.3 is 10.4 Å². The van der Waals surface area contributed by atoms with Crippen molar-refractivity contribution in [1.82, 2.24) is 4.98 Å². The van der Waals surface area contributed by atoms with E-state index in [9.17, 15) is 4.79 Å². The van der Waals surface area contributed by atoms with E-state index >= 15 is 0 Å². The van der Waals surface area contributed by atoms with E-state index in [1.807, 2.05) is 19.1 Å².